The third-order valence-electron chi connectivity index (χ3n) is 5.64. The van der Waals surface area contributed by atoms with Crippen LogP contribution in [0.5, 0.6) is 17.2 Å². The number of nitrogens with zero attached hydrogens (tertiary/aromatic N) is 3. The Balaban J connectivity index is 1.49. The number of hydrogen-bond acceptors (Lipinski definition) is 5. The molecule has 4 rings (SSSR count). The molecule has 2 aromatic carbocycles. The second kappa shape index (κ2) is 12.3. The Bertz CT molecular complexity index is 1140. The predicted octanol–water partition coefficient (Wildman–Crippen LogP) is 5.14. The Labute approximate surface area is 209 Å². The summed E-state index contributed by atoms with van der Waals surface area (Å²) in [6, 6.07) is 14.3. The Morgan fingerprint density at radius 2 is 1.91 bits per heavy atom. The number of anilines is 1. The van der Waals surface area contributed by atoms with Gasteiger partial charge in [-0.1, -0.05) is 23.7 Å². The van der Waals surface area contributed by atoms with E-state index < -0.39 is 0 Å². The summed E-state index contributed by atoms with van der Waals surface area (Å²) in [7, 11) is 0. The molecule has 1 aliphatic rings. The van der Waals surface area contributed by atoms with Crippen LogP contribution >= 0.6 is 11.6 Å². The molecule has 8 nitrogen and oxygen atoms in total. The number of benzene rings is 2. The second-order valence-corrected chi connectivity index (χ2v) is 8.77. The van der Waals surface area contributed by atoms with Gasteiger partial charge in [-0.15, -0.1) is 0 Å². The van der Waals surface area contributed by atoms with Crippen molar-refractivity contribution >= 4 is 29.1 Å². The van der Waals surface area contributed by atoms with Crippen LogP contribution in [0.4, 0.5) is 5.69 Å². The lowest BCUT2D eigenvalue weighted by Gasteiger charge is -2.22. The lowest BCUT2D eigenvalue weighted by atomic mass is 10.2. The molecule has 3 aromatic rings. The van der Waals surface area contributed by atoms with Crippen LogP contribution in [0.3, 0.4) is 0 Å². The number of aromatic nitrogens is 2. The van der Waals surface area contributed by atoms with E-state index in [-0.39, 0.29) is 18.4 Å². The number of rotatable bonds is 4. The SMILES string of the molecule is O=C1CN(C(=O)CCCn2cccn2)CCCCCOc2ccccc2Oc2ccc(Cl)cc2N1. The van der Waals surface area contributed by atoms with Gasteiger partial charge in [-0.2, -0.15) is 5.10 Å². The highest BCUT2D eigenvalue weighted by Crippen LogP contribution is 2.36. The highest BCUT2D eigenvalue weighted by molar-refractivity contribution is 6.31. The molecule has 1 aromatic heterocycles. The average molecular weight is 497 g/mol. The van der Waals surface area contributed by atoms with Crippen LogP contribution in [0.1, 0.15) is 32.1 Å². The highest BCUT2D eigenvalue weighted by Gasteiger charge is 2.19. The normalized spacial score (nSPS) is 14.9. The smallest absolute Gasteiger partial charge is 0.244 e. The van der Waals surface area contributed by atoms with Crippen LogP contribution in [0.15, 0.2) is 60.9 Å². The average Bonchev–Trinajstić information content (AvgIpc) is 3.36. The zero-order chi connectivity index (χ0) is 24.5. The minimum Gasteiger partial charge on any atom is -0.490 e. The van der Waals surface area contributed by atoms with Crippen molar-refractivity contribution in [1.29, 1.82) is 0 Å². The largest absolute Gasteiger partial charge is 0.490 e. The monoisotopic (exact) mass is 496 g/mol. The molecule has 1 aliphatic heterocycles. The molecule has 0 bridgehead atoms. The molecular formula is C26H29ClN4O4. The summed E-state index contributed by atoms with van der Waals surface area (Å²) in [4.78, 5) is 27.6. The zero-order valence-electron chi connectivity index (χ0n) is 19.5. The third kappa shape index (κ3) is 7.23. The van der Waals surface area contributed by atoms with Gasteiger partial charge < -0.3 is 19.7 Å². The molecule has 9 heteroatoms. The van der Waals surface area contributed by atoms with Gasteiger partial charge in [0.05, 0.1) is 18.8 Å². The number of halogens is 1. The molecule has 1 N–H and O–H groups in total. The molecule has 35 heavy (non-hydrogen) atoms. The van der Waals surface area contributed by atoms with E-state index >= 15 is 0 Å². The maximum Gasteiger partial charge on any atom is 0.244 e. The Hall–Kier alpha value is -3.52. The summed E-state index contributed by atoms with van der Waals surface area (Å²) in [6.45, 7) is 1.64. The van der Waals surface area contributed by atoms with Gasteiger partial charge in [0.2, 0.25) is 11.8 Å². The number of carbonyl (C=O) groups is 2. The number of amides is 2. The number of aryl methyl sites for hydroxylation is 1. The maximum atomic E-state index is 13.0. The van der Waals surface area contributed by atoms with Crippen molar-refractivity contribution in [2.75, 3.05) is 25.0 Å². The fraction of sp³-hybridized carbons (Fsp3) is 0.346. The first-order chi connectivity index (χ1) is 17.1. The van der Waals surface area contributed by atoms with Gasteiger partial charge >= 0.3 is 0 Å². The maximum absolute atomic E-state index is 13.0. The van der Waals surface area contributed by atoms with Crippen molar-refractivity contribution in [2.24, 2.45) is 0 Å². The summed E-state index contributed by atoms with van der Waals surface area (Å²) in [5, 5.41) is 7.50. The molecular weight excluding hydrogens is 468 g/mol. The van der Waals surface area contributed by atoms with Crippen LogP contribution in [0, 0.1) is 0 Å². The van der Waals surface area contributed by atoms with Crippen molar-refractivity contribution in [3.05, 3.63) is 65.9 Å². The number of carbonyl (C=O) groups excluding carboxylic acids is 2. The van der Waals surface area contributed by atoms with Gasteiger partial charge in [-0.25, -0.2) is 0 Å². The molecule has 0 saturated heterocycles. The summed E-state index contributed by atoms with van der Waals surface area (Å²) in [5.74, 6) is 1.25. The Kier molecular flexibility index (Phi) is 8.62. The fourth-order valence-electron chi connectivity index (χ4n) is 3.86. The molecule has 0 atom stereocenters. The van der Waals surface area contributed by atoms with E-state index in [4.69, 9.17) is 21.1 Å². The van der Waals surface area contributed by atoms with Crippen molar-refractivity contribution in [1.82, 2.24) is 14.7 Å². The molecule has 0 spiro atoms. The van der Waals surface area contributed by atoms with Crippen molar-refractivity contribution < 1.29 is 19.1 Å². The molecule has 0 aliphatic carbocycles. The van der Waals surface area contributed by atoms with Gasteiger partial charge in [0.25, 0.3) is 0 Å². The lowest BCUT2D eigenvalue weighted by molar-refractivity contribution is -0.134. The minimum absolute atomic E-state index is 0.0420. The van der Waals surface area contributed by atoms with E-state index in [1.54, 1.807) is 34.0 Å². The van der Waals surface area contributed by atoms with Gasteiger partial charge in [-0.05, 0) is 62.1 Å². The van der Waals surface area contributed by atoms with Crippen LogP contribution in [-0.4, -0.2) is 46.2 Å². The molecule has 184 valence electrons. The zero-order valence-corrected chi connectivity index (χ0v) is 20.2. The van der Waals surface area contributed by atoms with Gasteiger partial charge in [0.1, 0.15) is 0 Å². The fourth-order valence-corrected chi connectivity index (χ4v) is 4.03. The van der Waals surface area contributed by atoms with Gasteiger partial charge in [0.15, 0.2) is 17.2 Å². The van der Waals surface area contributed by atoms with E-state index in [1.807, 2.05) is 36.5 Å². The first-order valence-electron chi connectivity index (χ1n) is 11.8. The number of nitrogens with one attached hydrogen (secondary N) is 1. The Morgan fingerprint density at radius 3 is 2.74 bits per heavy atom. The highest BCUT2D eigenvalue weighted by atomic mass is 35.5. The summed E-state index contributed by atoms with van der Waals surface area (Å²) in [6.07, 6.45) is 7.06. The first kappa shape index (κ1) is 24.6. The van der Waals surface area contributed by atoms with Crippen molar-refractivity contribution in [3.63, 3.8) is 0 Å². The standard InChI is InChI=1S/C26H29ClN4O4/c27-20-11-12-22-21(18-20)29-25(32)19-30(26(33)10-6-15-31-16-7-13-28-31)14-4-1-5-17-34-23-8-2-3-9-24(23)35-22/h2-3,7-9,11-13,16,18H,1,4-6,10,14-15,17,19H2,(H,29,32). The summed E-state index contributed by atoms with van der Waals surface area (Å²) >= 11 is 6.19. The van der Waals surface area contributed by atoms with E-state index in [1.165, 1.54) is 0 Å². The van der Waals surface area contributed by atoms with Crippen LogP contribution in [-0.2, 0) is 16.1 Å². The van der Waals surface area contributed by atoms with Crippen LogP contribution in [0.25, 0.3) is 0 Å². The topological polar surface area (TPSA) is 85.7 Å². The first-order valence-corrected chi connectivity index (χ1v) is 12.2. The van der Waals surface area contributed by atoms with Crippen molar-refractivity contribution in [3.8, 4) is 17.2 Å². The minimum atomic E-state index is -0.308. The number of ether oxygens (including phenoxy) is 2. The Morgan fingerprint density at radius 1 is 1.06 bits per heavy atom. The molecule has 0 unspecified atom stereocenters. The van der Waals surface area contributed by atoms with E-state index in [2.05, 4.69) is 10.4 Å². The predicted molar refractivity (Wildman–Crippen MR) is 134 cm³/mol. The third-order valence-corrected chi connectivity index (χ3v) is 5.87. The van der Waals surface area contributed by atoms with E-state index in [0.717, 1.165) is 19.3 Å². The number of para-hydroxylation sites is 2. The number of hydrogen-bond donors (Lipinski definition) is 1. The lowest BCUT2D eigenvalue weighted by Crippen LogP contribution is -2.38. The van der Waals surface area contributed by atoms with E-state index in [0.29, 0.717) is 60.5 Å². The number of fused-ring (bicyclic) bond motifs is 2. The second-order valence-electron chi connectivity index (χ2n) is 8.33. The molecule has 2 amide bonds. The van der Waals surface area contributed by atoms with Crippen LogP contribution < -0.4 is 14.8 Å². The quantitative estimate of drug-likeness (QED) is 0.540. The molecule has 0 fully saturated rings. The molecule has 0 saturated carbocycles. The summed E-state index contributed by atoms with van der Waals surface area (Å²) in [5.41, 5.74) is 0.429. The van der Waals surface area contributed by atoms with Crippen LogP contribution in [0.2, 0.25) is 5.02 Å². The van der Waals surface area contributed by atoms with Gasteiger partial charge in [-0.3, -0.25) is 14.3 Å². The molecule has 0 radical (unpaired) electrons. The molecule has 2 heterocycles. The van der Waals surface area contributed by atoms with E-state index in [9.17, 15) is 9.59 Å². The van der Waals surface area contributed by atoms with Crippen molar-refractivity contribution in [2.45, 2.75) is 38.6 Å². The summed E-state index contributed by atoms with van der Waals surface area (Å²) < 4.78 is 13.9. The van der Waals surface area contributed by atoms with Gasteiger partial charge in [0, 0.05) is 36.9 Å².